The first-order valence-corrected chi connectivity index (χ1v) is 11.6. The molecule has 1 aliphatic heterocycles. The molecule has 1 aromatic carbocycles. The summed E-state index contributed by atoms with van der Waals surface area (Å²) in [4.78, 5) is 56.3. The van der Waals surface area contributed by atoms with Gasteiger partial charge in [-0.25, -0.2) is 15.0 Å². The molecule has 5 N–H and O–H groups in total. The lowest BCUT2D eigenvalue weighted by Crippen LogP contribution is -2.56. The molecule has 0 saturated carbocycles. The first-order valence-electron chi connectivity index (χ1n) is 11.6. The quantitative estimate of drug-likeness (QED) is 0.246. The molecule has 0 spiro atoms. The lowest BCUT2D eigenvalue weighted by Gasteiger charge is -2.22. The number of pyridine rings is 1. The number of H-pyrrole nitrogens is 1. The Kier molecular flexibility index (Phi) is 6.79. The zero-order valence-corrected chi connectivity index (χ0v) is 19.6. The van der Waals surface area contributed by atoms with Crippen LogP contribution in [0.1, 0.15) is 12.8 Å². The molecule has 1 atom stereocenters. The van der Waals surface area contributed by atoms with Crippen molar-refractivity contribution in [2.24, 2.45) is 0 Å². The van der Waals surface area contributed by atoms with E-state index < -0.39 is 6.04 Å². The van der Waals surface area contributed by atoms with Crippen LogP contribution >= 0.6 is 0 Å². The zero-order valence-electron chi connectivity index (χ0n) is 19.6. The number of imidazole rings is 1. The summed E-state index contributed by atoms with van der Waals surface area (Å²) in [5.41, 5.74) is 3.50. The molecule has 4 heterocycles. The molecule has 1 unspecified atom stereocenters. The first kappa shape index (κ1) is 23.6. The van der Waals surface area contributed by atoms with E-state index in [1.54, 1.807) is 49.1 Å². The van der Waals surface area contributed by atoms with E-state index in [1.807, 2.05) is 18.2 Å². The molecule has 186 valence electrons. The third-order valence-electron chi connectivity index (χ3n) is 5.58. The molecule has 0 radical (unpaired) electrons. The van der Waals surface area contributed by atoms with Crippen molar-refractivity contribution in [2.45, 2.75) is 18.9 Å². The molecule has 0 bridgehead atoms. The lowest BCUT2D eigenvalue weighted by molar-refractivity contribution is -0.134. The number of aromatic nitrogens is 5. The van der Waals surface area contributed by atoms with Crippen LogP contribution in [0.2, 0.25) is 0 Å². The Hall–Kier alpha value is -5.13. The highest BCUT2D eigenvalue weighted by molar-refractivity contribution is 5.96. The Balaban J connectivity index is 1.21. The molecule has 12 heteroatoms. The predicted molar refractivity (Wildman–Crippen MR) is 135 cm³/mol. The summed E-state index contributed by atoms with van der Waals surface area (Å²) < 4.78 is 0. The van der Waals surface area contributed by atoms with Crippen LogP contribution in [0.15, 0.2) is 67.3 Å². The molecule has 37 heavy (non-hydrogen) atoms. The van der Waals surface area contributed by atoms with Gasteiger partial charge in [-0.05, 0) is 42.8 Å². The minimum atomic E-state index is -0.709. The number of anilines is 3. The molecule has 12 nitrogen and oxygen atoms in total. The number of hydrogen-bond donors (Lipinski definition) is 5. The highest BCUT2D eigenvalue weighted by Gasteiger charge is 2.26. The molecule has 1 saturated heterocycles. The van der Waals surface area contributed by atoms with Crippen LogP contribution in [0.4, 0.5) is 17.3 Å². The molecule has 4 aromatic rings. The van der Waals surface area contributed by atoms with Crippen LogP contribution in [-0.2, 0) is 14.4 Å². The van der Waals surface area contributed by atoms with Gasteiger partial charge in [0.25, 0.3) is 0 Å². The molecular weight excluding hydrogens is 474 g/mol. The summed E-state index contributed by atoms with van der Waals surface area (Å²) >= 11 is 0. The van der Waals surface area contributed by atoms with Crippen molar-refractivity contribution in [3.63, 3.8) is 0 Å². The minimum absolute atomic E-state index is 0.0394. The molecule has 5 rings (SSSR count). The lowest BCUT2D eigenvalue weighted by atomic mass is 10.1. The first-order chi connectivity index (χ1) is 18.0. The summed E-state index contributed by atoms with van der Waals surface area (Å²) in [5, 5.41) is 11.0. The van der Waals surface area contributed by atoms with E-state index in [1.165, 1.54) is 0 Å². The second kappa shape index (κ2) is 10.6. The predicted octanol–water partition coefficient (Wildman–Crippen LogP) is 2.01. The monoisotopic (exact) mass is 497 g/mol. The Morgan fingerprint density at radius 1 is 1.03 bits per heavy atom. The number of aromatic amines is 1. The Morgan fingerprint density at radius 3 is 2.78 bits per heavy atom. The largest absolute Gasteiger partial charge is 0.345 e. The maximum atomic E-state index is 12.4. The van der Waals surface area contributed by atoms with Gasteiger partial charge in [-0.2, -0.15) is 0 Å². The van der Waals surface area contributed by atoms with Gasteiger partial charge in [0.15, 0.2) is 0 Å². The van der Waals surface area contributed by atoms with Crippen LogP contribution < -0.4 is 21.3 Å². The molecule has 0 aliphatic carbocycles. The van der Waals surface area contributed by atoms with Crippen molar-refractivity contribution in [1.29, 1.82) is 0 Å². The number of rotatable bonds is 8. The zero-order chi connectivity index (χ0) is 25.6. The average Bonchev–Trinajstić information content (AvgIpc) is 3.41. The minimum Gasteiger partial charge on any atom is -0.345 e. The van der Waals surface area contributed by atoms with Crippen LogP contribution in [0.25, 0.3) is 22.8 Å². The van der Waals surface area contributed by atoms with Gasteiger partial charge >= 0.3 is 0 Å². The number of nitrogens with one attached hydrogen (secondary N) is 5. The van der Waals surface area contributed by atoms with Crippen molar-refractivity contribution in [2.75, 3.05) is 17.2 Å². The van der Waals surface area contributed by atoms with Crippen LogP contribution in [0.3, 0.4) is 0 Å². The van der Waals surface area contributed by atoms with Gasteiger partial charge in [0.1, 0.15) is 11.9 Å². The van der Waals surface area contributed by atoms with Crippen molar-refractivity contribution < 1.29 is 14.4 Å². The van der Waals surface area contributed by atoms with Crippen LogP contribution in [0, 0.1) is 0 Å². The fraction of sp³-hybridized carbons (Fsp3) is 0.160. The number of amides is 3. The van der Waals surface area contributed by atoms with E-state index in [2.05, 4.69) is 46.2 Å². The molecule has 1 fully saturated rings. The smallest absolute Gasteiger partial charge is 0.243 e. The standard InChI is InChI=1S/C25H23N9O3/c35-21(7-6-19-24(37)29-14-22(36)32-19)30-16-4-1-5-17(11-16)31-25-27-10-8-18(34-25)20-13-28-23(33-20)15-3-2-9-26-12-15/h1-5,8-13,19H,6-7,14H2,(H,28,33)(H,29,37)(H,30,35)(H,32,36)(H,27,31,34). The molecular formula is C25H23N9O3. The molecule has 3 amide bonds. The highest BCUT2D eigenvalue weighted by Crippen LogP contribution is 2.23. The summed E-state index contributed by atoms with van der Waals surface area (Å²) in [6.45, 7) is -0.0394. The second-order valence-corrected chi connectivity index (χ2v) is 8.28. The van der Waals surface area contributed by atoms with E-state index in [0.717, 1.165) is 11.3 Å². The Morgan fingerprint density at radius 2 is 1.92 bits per heavy atom. The highest BCUT2D eigenvalue weighted by atomic mass is 16.2. The maximum absolute atomic E-state index is 12.4. The summed E-state index contributed by atoms with van der Waals surface area (Å²) in [6.07, 6.45) is 7.05. The van der Waals surface area contributed by atoms with E-state index in [0.29, 0.717) is 28.8 Å². The SMILES string of the molecule is O=C(CCC1NC(=O)CNC1=O)Nc1cccc(Nc2nccc(-c3cnc(-c4cccnc4)[nH]3)n2)c1. The number of nitrogens with zero attached hydrogens (tertiary/aromatic N) is 4. The van der Waals surface area contributed by atoms with E-state index in [9.17, 15) is 14.4 Å². The number of carbonyl (C=O) groups is 3. The van der Waals surface area contributed by atoms with Crippen LogP contribution in [0.5, 0.6) is 0 Å². The van der Waals surface area contributed by atoms with Crippen molar-refractivity contribution in [3.8, 4) is 22.8 Å². The van der Waals surface area contributed by atoms with Gasteiger partial charge < -0.3 is 26.3 Å². The number of piperazine rings is 1. The third kappa shape index (κ3) is 5.93. The summed E-state index contributed by atoms with van der Waals surface area (Å²) in [7, 11) is 0. The Bertz CT molecular complexity index is 1440. The average molecular weight is 498 g/mol. The third-order valence-corrected chi connectivity index (χ3v) is 5.58. The number of benzene rings is 1. The normalized spacial score (nSPS) is 15.0. The van der Waals surface area contributed by atoms with Crippen molar-refractivity contribution in [3.05, 3.63) is 67.3 Å². The van der Waals surface area contributed by atoms with Gasteiger partial charge in [-0.15, -0.1) is 0 Å². The van der Waals surface area contributed by atoms with Crippen molar-refractivity contribution in [1.82, 2.24) is 35.6 Å². The van der Waals surface area contributed by atoms with Gasteiger partial charge in [0.05, 0.1) is 24.1 Å². The summed E-state index contributed by atoms with van der Waals surface area (Å²) in [5.74, 6) is 0.233. The molecule has 3 aromatic heterocycles. The van der Waals surface area contributed by atoms with E-state index in [-0.39, 0.29) is 37.1 Å². The second-order valence-electron chi connectivity index (χ2n) is 8.28. The van der Waals surface area contributed by atoms with Gasteiger partial charge in [-0.1, -0.05) is 6.07 Å². The topological polar surface area (TPSA) is 167 Å². The molecule has 1 aliphatic rings. The Labute approximate surface area is 211 Å². The maximum Gasteiger partial charge on any atom is 0.243 e. The van der Waals surface area contributed by atoms with Gasteiger partial charge in [-0.3, -0.25) is 19.4 Å². The van der Waals surface area contributed by atoms with Crippen LogP contribution in [-0.4, -0.2) is 55.2 Å². The van der Waals surface area contributed by atoms with Crippen molar-refractivity contribution >= 4 is 35.0 Å². The van der Waals surface area contributed by atoms with Gasteiger partial charge in [0.2, 0.25) is 23.7 Å². The van der Waals surface area contributed by atoms with E-state index in [4.69, 9.17) is 0 Å². The van der Waals surface area contributed by atoms with E-state index >= 15 is 0 Å². The fourth-order valence-electron chi connectivity index (χ4n) is 3.78. The fourth-order valence-corrected chi connectivity index (χ4v) is 3.78. The number of carbonyl (C=O) groups excluding carboxylic acids is 3. The number of hydrogen-bond acceptors (Lipinski definition) is 8. The van der Waals surface area contributed by atoms with Gasteiger partial charge in [0, 0.05) is 41.9 Å². The summed E-state index contributed by atoms with van der Waals surface area (Å²) in [6, 6.07) is 11.9.